The maximum Gasteiger partial charge on any atom is 0.416 e. The van der Waals surface area contributed by atoms with Gasteiger partial charge in [-0.2, -0.15) is 18.4 Å². The van der Waals surface area contributed by atoms with E-state index in [0.717, 1.165) is 18.6 Å². The predicted molar refractivity (Wildman–Crippen MR) is 85.0 cm³/mol. The molecular formula is C17H15F3N4O. The summed E-state index contributed by atoms with van der Waals surface area (Å²) >= 11 is 0. The third kappa shape index (κ3) is 3.05. The minimum Gasteiger partial charge on any atom is -0.382 e. The van der Waals surface area contributed by atoms with Crippen LogP contribution in [0.2, 0.25) is 0 Å². The van der Waals surface area contributed by atoms with Crippen LogP contribution in [0.4, 0.5) is 18.9 Å². The highest BCUT2D eigenvalue weighted by Crippen LogP contribution is 2.33. The first-order chi connectivity index (χ1) is 11.8. The number of amides is 1. The minimum absolute atomic E-state index is 0.0271. The van der Waals surface area contributed by atoms with Crippen molar-refractivity contribution in [3.05, 3.63) is 52.3 Å². The zero-order valence-corrected chi connectivity index (χ0v) is 13.2. The van der Waals surface area contributed by atoms with Gasteiger partial charge < -0.3 is 15.6 Å². The maximum atomic E-state index is 12.9. The molecule has 8 heteroatoms. The number of hydrogen-bond acceptors (Lipinski definition) is 3. The molecule has 0 unspecified atom stereocenters. The van der Waals surface area contributed by atoms with E-state index in [9.17, 15) is 23.2 Å². The Morgan fingerprint density at radius 1 is 1.40 bits per heavy atom. The van der Waals surface area contributed by atoms with E-state index in [1.807, 2.05) is 6.07 Å². The van der Waals surface area contributed by atoms with Crippen LogP contribution in [0, 0.1) is 11.3 Å². The summed E-state index contributed by atoms with van der Waals surface area (Å²) in [7, 11) is 0. The number of anilines is 1. The number of halogens is 3. The molecule has 1 aromatic heterocycles. The Kier molecular flexibility index (Phi) is 4.17. The van der Waals surface area contributed by atoms with Crippen LogP contribution >= 0.6 is 0 Å². The Morgan fingerprint density at radius 2 is 2.16 bits per heavy atom. The summed E-state index contributed by atoms with van der Waals surface area (Å²) in [6.45, 7) is 0.696. The molecule has 0 saturated carbocycles. The summed E-state index contributed by atoms with van der Waals surface area (Å²) in [5, 5.41) is 12.5. The summed E-state index contributed by atoms with van der Waals surface area (Å²) in [5.74, 6) is -0.778. The van der Waals surface area contributed by atoms with Gasteiger partial charge in [0.25, 0.3) is 5.91 Å². The number of benzene rings is 1. The lowest BCUT2D eigenvalue weighted by atomic mass is 10.1. The Balaban J connectivity index is 2.11. The lowest BCUT2D eigenvalue weighted by Crippen LogP contribution is -2.20. The van der Waals surface area contributed by atoms with Crippen LogP contribution in [0.5, 0.6) is 0 Å². The summed E-state index contributed by atoms with van der Waals surface area (Å²) in [6, 6.07) is 6.89. The molecule has 0 atom stereocenters. The van der Waals surface area contributed by atoms with Crippen molar-refractivity contribution in [2.75, 3.05) is 11.9 Å². The Hall–Kier alpha value is -2.95. The largest absolute Gasteiger partial charge is 0.416 e. The molecule has 0 aliphatic carbocycles. The van der Waals surface area contributed by atoms with Gasteiger partial charge in [0, 0.05) is 18.8 Å². The Morgan fingerprint density at radius 3 is 2.80 bits per heavy atom. The van der Waals surface area contributed by atoms with Crippen molar-refractivity contribution >= 4 is 11.6 Å². The number of nitrogens with zero attached hydrogens (tertiary/aromatic N) is 2. The van der Waals surface area contributed by atoms with Crippen LogP contribution in [0.25, 0.3) is 0 Å². The number of carbonyl (C=O) groups is 1. The molecule has 3 N–H and O–H groups in total. The number of nitriles is 1. The average Bonchev–Trinajstić information content (AvgIpc) is 2.88. The molecule has 0 fully saturated rings. The van der Waals surface area contributed by atoms with Crippen molar-refractivity contribution in [3.8, 4) is 6.07 Å². The van der Waals surface area contributed by atoms with Crippen molar-refractivity contribution in [3.63, 3.8) is 0 Å². The van der Waals surface area contributed by atoms with Gasteiger partial charge >= 0.3 is 6.18 Å². The maximum absolute atomic E-state index is 12.9. The van der Waals surface area contributed by atoms with E-state index >= 15 is 0 Å². The minimum atomic E-state index is -4.45. The highest BCUT2D eigenvalue weighted by Gasteiger charge is 2.31. The van der Waals surface area contributed by atoms with E-state index in [1.54, 1.807) is 10.6 Å². The molecule has 130 valence electrons. The first-order valence-corrected chi connectivity index (χ1v) is 7.68. The normalized spacial score (nSPS) is 13.7. The van der Waals surface area contributed by atoms with Crippen LogP contribution < -0.4 is 11.1 Å². The number of alkyl halides is 3. The number of carbonyl (C=O) groups excluding carboxylic acids is 1. The van der Waals surface area contributed by atoms with E-state index in [2.05, 4.69) is 5.32 Å². The lowest BCUT2D eigenvalue weighted by molar-refractivity contribution is -0.137. The van der Waals surface area contributed by atoms with Crippen molar-refractivity contribution in [1.29, 1.82) is 5.26 Å². The van der Waals surface area contributed by atoms with Gasteiger partial charge in [-0.15, -0.1) is 0 Å². The van der Waals surface area contributed by atoms with Gasteiger partial charge in [-0.25, -0.2) is 0 Å². The SMILES string of the molecule is N#Cc1c2c(n(Cc3cccc(C(F)(F)F)c3)c1C(N)=O)CCCN2. The van der Waals surface area contributed by atoms with E-state index in [0.29, 0.717) is 29.9 Å². The summed E-state index contributed by atoms with van der Waals surface area (Å²) in [5.41, 5.74) is 6.50. The van der Waals surface area contributed by atoms with Crippen molar-refractivity contribution in [1.82, 2.24) is 4.57 Å². The lowest BCUT2D eigenvalue weighted by Gasteiger charge is -2.18. The second-order valence-electron chi connectivity index (χ2n) is 5.84. The monoisotopic (exact) mass is 348 g/mol. The van der Waals surface area contributed by atoms with Gasteiger partial charge in [-0.3, -0.25) is 4.79 Å². The Bertz CT molecular complexity index is 877. The van der Waals surface area contributed by atoms with E-state index in [-0.39, 0.29) is 17.8 Å². The third-order valence-corrected chi connectivity index (χ3v) is 4.20. The smallest absolute Gasteiger partial charge is 0.382 e. The second kappa shape index (κ2) is 6.16. The van der Waals surface area contributed by atoms with Crippen LogP contribution in [-0.2, 0) is 19.1 Å². The molecule has 0 bridgehead atoms. The number of primary amides is 1. The topological polar surface area (TPSA) is 83.8 Å². The van der Waals surface area contributed by atoms with Gasteiger partial charge in [0.1, 0.15) is 17.3 Å². The molecule has 25 heavy (non-hydrogen) atoms. The molecule has 0 spiro atoms. The van der Waals surface area contributed by atoms with E-state index in [1.165, 1.54) is 6.07 Å². The quantitative estimate of drug-likeness (QED) is 0.895. The van der Waals surface area contributed by atoms with Crippen molar-refractivity contribution in [2.45, 2.75) is 25.6 Å². The highest BCUT2D eigenvalue weighted by molar-refractivity contribution is 5.97. The molecule has 1 aliphatic heterocycles. The van der Waals surface area contributed by atoms with Gasteiger partial charge in [-0.05, 0) is 30.5 Å². The molecule has 2 aromatic rings. The molecule has 0 radical (unpaired) electrons. The zero-order valence-electron chi connectivity index (χ0n) is 13.2. The van der Waals surface area contributed by atoms with Gasteiger partial charge in [0.15, 0.2) is 0 Å². The van der Waals surface area contributed by atoms with Crippen LogP contribution in [0.15, 0.2) is 24.3 Å². The number of fused-ring (bicyclic) bond motifs is 1. The molecule has 2 heterocycles. The molecule has 1 amide bonds. The van der Waals surface area contributed by atoms with Crippen LogP contribution in [0.3, 0.4) is 0 Å². The third-order valence-electron chi connectivity index (χ3n) is 4.20. The molecule has 3 rings (SSSR count). The number of nitrogens with two attached hydrogens (primary N) is 1. The molecule has 0 saturated heterocycles. The fraction of sp³-hybridized carbons (Fsp3) is 0.294. The standard InChI is InChI=1S/C17H15F3N4O/c18-17(19,20)11-4-1-3-10(7-11)9-24-13-5-2-6-23-14(13)12(8-21)15(24)16(22)25/h1,3-4,7,23H,2,5-6,9H2,(H2,22,25). The summed E-state index contributed by atoms with van der Waals surface area (Å²) < 4.78 is 40.3. The first kappa shape index (κ1) is 16.9. The Labute approximate surface area is 141 Å². The summed E-state index contributed by atoms with van der Waals surface area (Å²) in [6.07, 6.45) is -3.04. The number of rotatable bonds is 3. The number of nitrogens with one attached hydrogen (secondary N) is 1. The van der Waals surface area contributed by atoms with E-state index in [4.69, 9.17) is 5.73 Å². The fourth-order valence-electron chi connectivity index (χ4n) is 3.16. The van der Waals surface area contributed by atoms with Gasteiger partial charge in [0.05, 0.1) is 11.3 Å². The predicted octanol–water partition coefficient (Wildman–Crippen LogP) is 2.88. The van der Waals surface area contributed by atoms with Gasteiger partial charge in [0.2, 0.25) is 0 Å². The zero-order chi connectivity index (χ0) is 18.2. The fourth-order valence-corrected chi connectivity index (χ4v) is 3.16. The highest BCUT2D eigenvalue weighted by atomic mass is 19.4. The summed E-state index contributed by atoms with van der Waals surface area (Å²) in [4.78, 5) is 11.9. The van der Waals surface area contributed by atoms with Crippen molar-refractivity contribution in [2.24, 2.45) is 5.73 Å². The molecule has 1 aromatic carbocycles. The number of aromatic nitrogens is 1. The van der Waals surface area contributed by atoms with Crippen LogP contribution in [0.1, 0.15) is 39.3 Å². The first-order valence-electron chi connectivity index (χ1n) is 7.68. The second-order valence-corrected chi connectivity index (χ2v) is 5.84. The average molecular weight is 348 g/mol. The molecule has 5 nitrogen and oxygen atoms in total. The van der Waals surface area contributed by atoms with Crippen LogP contribution in [-0.4, -0.2) is 17.0 Å². The number of hydrogen-bond donors (Lipinski definition) is 2. The molecule has 1 aliphatic rings. The molecular weight excluding hydrogens is 333 g/mol. The van der Waals surface area contributed by atoms with Gasteiger partial charge in [-0.1, -0.05) is 12.1 Å². The van der Waals surface area contributed by atoms with E-state index < -0.39 is 17.6 Å². The van der Waals surface area contributed by atoms with Crippen molar-refractivity contribution < 1.29 is 18.0 Å².